The SMILES string of the molecule is Cc1cn[nH]c1.O.[Cl][Ru]([Cl])([Cl])[Cl]. The van der Waals surface area contributed by atoms with Gasteiger partial charge in [-0.25, -0.2) is 0 Å². The summed E-state index contributed by atoms with van der Waals surface area (Å²) in [6, 6.07) is 0. The zero-order chi connectivity index (χ0) is 8.91. The number of nitrogens with zero attached hydrogens (tertiary/aromatic N) is 1. The van der Waals surface area contributed by atoms with E-state index in [2.05, 4.69) is 10.2 Å². The topological polar surface area (TPSA) is 60.2 Å². The van der Waals surface area contributed by atoms with E-state index in [-0.39, 0.29) is 5.48 Å². The van der Waals surface area contributed by atoms with E-state index in [0.717, 1.165) is 0 Å². The van der Waals surface area contributed by atoms with Gasteiger partial charge in [-0.3, -0.25) is 5.10 Å². The summed E-state index contributed by atoms with van der Waals surface area (Å²) in [5.41, 5.74) is 1.18. The Labute approximate surface area is 89.6 Å². The van der Waals surface area contributed by atoms with Crippen LogP contribution in [-0.2, 0) is 10.8 Å². The van der Waals surface area contributed by atoms with E-state index < -0.39 is 10.8 Å². The van der Waals surface area contributed by atoms with Gasteiger partial charge >= 0.3 is 49.6 Å². The monoisotopic (exact) mass is 342 g/mol. The van der Waals surface area contributed by atoms with Crippen molar-refractivity contribution >= 4 is 38.8 Å². The van der Waals surface area contributed by atoms with Crippen LogP contribution in [0.15, 0.2) is 12.4 Å². The van der Waals surface area contributed by atoms with Crippen LogP contribution in [0.3, 0.4) is 0 Å². The molecule has 0 bridgehead atoms. The van der Waals surface area contributed by atoms with Crippen LogP contribution in [0.5, 0.6) is 0 Å². The fraction of sp³-hybridized carbons (Fsp3) is 0.250. The molecular weight excluding hydrogens is 335 g/mol. The number of rotatable bonds is 0. The second kappa shape index (κ2) is 7.37. The summed E-state index contributed by atoms with van der Waals surface area (Å²) >= 11 is 0. The molecule has 0 saturated carbocycles. The Morgan fingerprint density at radius 1 is 1.33 bits per heavy atom. The molecule has 0 spiro atoms. The van der Waals surface area contributed by atoms with Crippen LogP contribution in [0.4, 0.5) is 0 Å². The molecule has 0 aromatic carbocycles. The van der Waals surface area contributed by atoms with E-state index in [1.54, 1.807) is 6.20 Å². The summed E-state index contributed by atoms with van der Waals surface area (Å²) in [5, 5.41) is 6.38. The van der Waals surface area contributed by atoms with E-state index in [0.29, 0.717) is 0 Å². The summed E-state index contributed by atoms with van der Waals surface area (Å²) in [6.45, 7) is 1.99. The molecule has 0 radical (unpaired) electrons. The fourth-order valence-corrected chi connectivity index (χ4v) is 0.315. The van der Waals surface area contributed by atoms with Crippen molar-refractivity contribution in [2.24, 2.45) is 0 Å². The molecule has 1 aromatic rings. The Morgan fingerprint density at radius 3 is 1.83 bits per heavy atom. The third kappa shape index (κ3) is 17.2. The summed E-state index contributed by atoms with van der Waals surface area (Å²) in [6.07, 6.45) is 3.62. The van der Waals surface area contributed by atoms with Gasteiger partial charge in [0, 0.05) is 6.20 Å². The van der Waals surface area contributed by atoms with Gasteiger partial charge in [-0.1, -0.05) is 0 Å². The van der Waals surface area contributed by atoms with Gasteiger partial charge in [-0.05, 0) is 12.5 Å². The first-order chi connectivity index (χ1) is 4.89. The van der Waals surface area contributed by atoms with Crippen molar-refractivity contribution in [2.45, 2.75) is 6.92 Å². The maximum atomic E-state index is 5.00. The quantitative estimate of drug-likeness (QED) is 0.724. The third-order valence-corrected chi connectivity index (χ3v) is 0.635. The van der Waals surface area contributed by atoms with Crippen molar-refractivity contribution in [3.8, 4) is 0 Å². The average Bonchev–Trinajstić information content (AvgIpc) is 2.12. The molecule has 12 heavy (non-hydrogen) atoms. The second-order valence-electron chi connectivity index (χ2n) is 1.58. The Morgan fingerprint density at radius 2 is 1.75 bits per heavy atom. The Balaban J connectivity index is 0. The van der Waals surface area contributed by atoms with Crippen molar-refractivity contribution in [3.63, 3.8) is 0 Å². The Kier molecular flexibility index (Phi) is 9.47. The number of H-pyrrole nitrogens is 1. The first kappa shape index (κ1) is 15.4. The Hall–Kier alpha value is 0.953. The van der Waals surface area contributed by atoms with Gasteiger partial charge in [0.1, 0.15) is 0 Å². The second-order valence-corrected chi connectivity index (χ2v) is 17.4. The number of halogens is 4. The maximum absolute atomic E-state index is 5.00. The van der Waals surface area contributed by atoms with E-state index in [9.17, 15) is 0 Å². The Bertz CT molecular complexity index is 181. The zero-order valence-electron chi connectivity index (χ0n) is 5.97. The van der Waals surface area contributed by atoms with Crippen LogP contribution in [0.1, 0.15) is 5.56 Å². The summed E-state index contributed by atoms with van der Waals surface area (Å²) in [5.74, 6) is 0. The van der Waals surface area contributed by atoms with Gasteiger partial charge in [0.2, 0.25) is 0 Å². The van der Waals surface area contributed by atoms with E-state index in [4.69, 9.17) is 38.8 Å². The summed E-state index contributed by atoms with van der Waals surface area (Å²) in [4.78, 5) is 0. The molecule has 0 amide bonds. The van der Waals surface area contributed by atoms with E-state index >= 15 is 0 Å². The van der Waals surface area contributed by atoms with E-state index in [1.807, 2.05) is 13.1 Å². The van der Waals surface area contributed by atoms with Gasteiger partial charge in [0.05, 0.1) is 6.20 Å². The van der Waals surface area contributed by atoms with Gasteiger partial charge in [-0.15, -0.1) is 0 Å². The molecule has 0 fully saturated rings. The zero-order valence-corrected chi connectivity index (χ0v) is 10.7. The van der Waals surface area contributed by atoms with Gasteiger partial charge in [0.25, 0.3) is 0 Å². The number of hydrogen-bond acceptors (Lipinski definition) is 1. The first-order valence-electron chi connectivity index (χ1n) is 2.38. The molecule has 1 heterocycles. The number of aromatic amines is 1. The molecule has 0 aliphatic carbocycles. The van der Waals surface area contributed by atoms with Crippen LogP contribution in [-0.4, -0.2) is 15.7 Å². The standard InChI is InChI=1S/C4H6N2.4ClH.H2O.Ru/c1-4-2-5-6-3-4;;;;;;/h2-3H,1H3,(H,5,6);4*1H;1H2;/q;;;;;;+4/p-4. The fourth-order valence-electron chi connectivity index (χ4n) is 0.315. The van der Waals surface area contributed by atoms with Crippen LogP contribution < -0.4 is 0 Å². The number of aromatic nitrogens is 2. The molecule has 76 valence electrons. The molecule has 1 rings (SSSR count). The van der Waals surface area contributed by atoms with Crippen molar-refractivity contribution in [3.05, 3.63) is 18.0 Å². The molecule has 0 aliphatic rings. The van der Waals surface area contributed by atoms with Gasteiger partial charge in [-0.2, -0.15) is 5.10 Å². The third-order valence-electron chi connectivity index (χ3n) is 0.635. The minimum absolute atomic E-state index is 0. The molecule has 1 aromatic heterocycles. The van der Waals surface area contributed by atoms with Gasteiger partial charge < -0.3 is 5.48 Å². The van der Waals surface area contributed by atoms with Crippen molar-refractivity contribution in [2.75, 3.05) is 0 Å². The number of nitrogens with one attached hydrogen (secondary N) is 1. The summed E-state index contributed by atoms with van der Waals surface area (Å²) < 4.78 is 0. The number of aryl methyl sites for hydroxylation is 1. The molecule has 3 N–H and O–H groups in total. The molecular formula is C4H8Cl4N2ORu. The molecule has 0 unspecified atom stereocenters. The summed E-state index contributed by atoms with van der Waals surface area (Å²) in [7, 11) is 17.0. The van der Waals surface area contributed by atoms with Crippen molar-refractivity contribution in [1.82, 2.24) is 10.2 Å². The minimum atomic E-state index is -2.97. The van der Waals surface area contributed by atoms with Crippen LogP contribution in [0.25, 0.3) is 0 Å². The molecule has 3 nitrogen and oxygen atoms in total. The number of hydrogen-bond donors (Lipinski definition) is 1. The normalized spacial score (nSPS) is 10.8. The van der Waals surface area contributed by atoms with Crippen molar-refractivity contribution < 1.29 is 16.3 Å². The average molecular weight is 343 g/mol. The molecule has 0 saturated heterocycles. The molecule has 0 atom stereocenters. The van der Waals surface area contributed by atoms with Crippen molar-refractivity contribution in [1.29, 1.82) is 0 Å². The van der Waals surface area contributed by atoms with Gasteiger partial charge in [0.15, 0.2) is 0 Å². The van der Waals surface area contributed by atoms with Crippen LogP contribution in [0, 0.1) is 6.92 Å². The molecule has 0 aliphatic heterocycles. The van der Waals surface area contributed by atoms with Crippen LogP contribution in [0.2, 0.25) is 0 Å². The van der Waals surface area contributed by atoms with Crippen LogP contribution >= 0.6 is 38.8 Å². The molecule has 8 heteroatoms. The predicted molar refractivity (Wildman–Crippen MR) is 50.4 cm³/mol. The van der Waals surface area contributed by atoms with E-state index in [1.165, 1.54) is 5.56 Å². The predicted octanol–water partition coefficient (Wildman–Crippen LogP) is 2.65. The first-order valence-corrected chi connectivity index (χ1v) is 11.3.